The first-order chi connectivity index (χ1) is 9.41. The van der Waals surface area contributed by atoms with Gasteiger partial charge in [0.15, 0.2) is 0 Å². The average molecular weight is 275 g/mol. The van der Waals surface area contributed by atoms with E-state index in [2.05, 4.69) is 38.2 Å². The number of rotatable bonds is 4. The first kappa shape index (κ1) is 14.9. The Bertz CT molecular complexity index is 496. The molecule has 1 aromatic carbocycles. The van der Waals surface area contributed by atoms with Crippen molar-refractivity contribution in [2.45, 2.75) is 52.5 Å². The highest BCUT2D eigenvalue weighted by Gasteiger charge is 2.55. The minimum absolute atomic E-state index is 0.108. The van der Waals surface area contributed by atoms with Crippen molar-refractivity contribution >= 4 is 11.7 Å². The third kappa shape index (κ3) is 2.54. The number of carbonyl (C=O) groups excluding carboxylic acids is 1. The molecule has 3 heteroatoms. The van der Waals surface area contributed by atoms with Crippen LogP contribution in [0.25, 0.3) is 0 Å². The Morgan fingerprint density at radius 2 is 2.10 bits per heavy atom. The summed E-state index contributed by atoms with van der Waals surface area (Å²) in [6.07, 6.45) is 2.90. The van der Waals surface area contributed by atoms with Crippen molar-refractivity contribution in [2.24, 2.45) is 5.41 Å². The smallest absolute Gasteiger partial charge is 0.332 e. The van der Waals surface area contributed by atoms with E-state index in [-0.39, 0.29) is 11.4 Å². The van der Waals surface area contributed by atoms with Crippen LogP contribution in [0.2, 0.25) is 0 Å². The van der Waals surface area contributed by atoms with Crippen LogP contribution in [0.5, 0.6) is 0 Å². The molecule has 1 atom stereocenters. The van der Waals surface area contributed by atoms with Crippen LogP contribution in [0.3, 0.4) is 0 Å². The molecular weight excluding hydrogens is 250 g/mol. The summed E-state index contributed by atoms with van der Waals surface area (Å²) in [6, 6.07) is 8.16. The van der Waals surface area contributed by atoms with Gasteiger partial charge in [-0.2, -0.15) is 0 Å². The molecule has 0 amide bonds. The summed E-state index contributed by atoms with van der Waals surface area (Å²) in [7, 11) is 0. The van der Waals surface area contributed by atoms with E-state index in [0.29, 0.717) is 6.61 Å². The zero-order valence-corrected chi connectivity index (χ0v) is 13.0. The number of carbonyl (C=O) groups is 1. The lowest BCUT2D eigenvalue weighted by Crippen LogP contribution is -2.54. The fourth-order valence-corrected chi connectivity index (χ4v) is 3.23. The zero-order valence-electron chi connectivity index (χ0n) is 13.0. The van der Waals surface area contributed by atoms with Gasteiger partial charge in [0.1, 0.15) is 5.54 Å². The molecular formula is C17H25NO2. The fourth-order valence-electron chi connectivity index (χ4n) is 3.23. The van der Waals surface area contributed by atoms with Gasteiger partial charge in [0, 0.05) is 5.69 Å². The predicted molar refractivity (Wildman–Crippen MR) is 81.8 cm³/mol. The molecule has 0 bridgehead atoms. The maximum Gasteiger partial charge on any atom is 0.332 e. The Labute approximate surface area is 121 Å². The predicted octanol–water partition coefficient (Wildman–Crippen LogP) is 3.92. The van der Waals surface area contributed by atoms with Crippen molar-refractivity contribution in [2.75, 3.05) is 11.9 Å². The lowest BCUT2D eigenvalue weighted by Gasteiger charge is -2.40. The Kier molecular flexibility index (Phi) is 4.07. The molecule has 1 aliphatic carbocycles. The van der Waals surface area contributed by atoms with Gasteiger partial charge in [-0.05, 0) is 56.2 Å². The van der Waals surface area contributed by atoms with Gasteiger partial charge >= 0.3 is 5.97 Å². The van der Waals surface area contributed by atoms with Crippen LogP contribution in [0, 0.1) is 12.3 Å². The molecule has 3 nitrogen and oxygen atoms in total. The first-order valence-corrected chi connectivity index (χ1v) is 7.43. The Morgan fingerprint density at radius 3 is 2.65 bits per heavy atom. The third-order valence-corrected chi connectivity index (χ3v) is 4.51. The second-order valence-corrected chi connectivity index (χ2v) is 6.36. The molecule has 0 saturated heterocycles. The van der Waals surface area contributed by atoms with Gasteiger partial charge < -0.3 is 10.1 Å². The minimum atomic E-state index is -0.614. The highest BCUT2D eigenvalue weighted by atomic mass is 16.5. The summed E-state index contributed by atoms with van der Waals surface area (Å²) in [4.78, 5) is 12.6. The molecule has 110 valence electrons. The van der Waals surface area contributed by atoms with Gasteiger partial charge in [0.2, 0.25) is 0 Å². The van der Waals surface area contributed by atoms with E-state index in [1.807, 2.05) is 19.1 Å². The molecule has 0 aromatic heterocycles. The zero-order chi connectivity index (χ0) is 14.8. The molecule has 20 heavy (non-hydrogen) atoms. The van der Waals surface area contributed by atoms with E-state index in [0.717, 1.165) is 24.9 Å². The maximum atomic E-state index is 12.6. The largest absolute Gasteiger partial charge is 0.464 e. The van der Waals surface area contributed by atoms with Gasteiger partial charge in [-0.25, -0.2) is 4.79 Å². The van der Waals surface area contributed by atoms with Crippen molar-refractivity contribution in [1.82, 2.24) is 0 Å². The minimum Gasteiger partial charge on any atom is -0.464 e. The van der Waals surface area contributed by atoms with Gasteiger partial charge in [-0.15, -0.1) is 0 Å². The van der Waals surface area contributed by atoms with Crippen molar-refractivity contribution < 1.29 is 9.53 Å². The van der Waals surface area contributed by atoms with Crippen molar-refractivity contribution in [3.8, 4) is 0 Å². The molecule has 1 aromatic rings. The fraction of sp³-hybridized carbons (Fsp3) is 0.588. The Morgan fingerprint density at radius 1 is 1.35 bits per heavy atom. The summed E-state index contributed by atoms with van der Waals surface area (Å²) in [5, 5.41) is 3.50. The quantitative estimate of drug-likeness (QED) is 0.846. The van der Waals surface area contributed by atoms with Crippen LogP contribution < -0.4 is 5.32 Å². The van der Waals surface area contributed by atoms with Gasteiger partial charge in [-0.1, -0.05) is 26.0 Å². The molecule has 0 radical (unpaired) electrons. The molecule has 0 aliphatic heterocycles. The summed E-state index contributed by atoms with van der Waals surface area (Å²) < 4.78 is 5.37. The van der Waals surface area contributed by atoms with Crippen LogP contribution in [0.1, 0.15) is 45.6 Å². The monoisotopic (exact) mass is 275 g/mol. The van der Waals surface area contributed by atoms with E-state index < -0.39 is 5.54 Å². The van der Waals surface area contributed by atoms with E-state index >= 15 is 0 Å². The lowest BCUT2D eigenvalue weighted by atomic mass is 9.74. The second kappa shape index (κ2) is 5.47. The normalized spacial score (nSPS) is 24.4. The summed E-state index contributed by atoms with van der Waals surface area (Å²) in [5.41, 5.74) is 1.46. The Hall–Kier alpha value is -1.51. The number of benzene rings is 1. The van der Waals surface area contributed by atoms with E-state index in [1.54, 1.807) is 0 Å². The summed E-state index contributed by atoms with van der Waals surface area (Å²) in [6.45, 7) is 8.65. The van der Waals surface area contributed by atoms with Crippen LogP contribution in [-0.2, 0) is 9.53 Å². The topological polar surface area (TPSA) is 38.3 Å². The van der Waals surface area contributed by atoms with Crippen LogP contribution in [0.15, 0.2) is 24.3 Å². The van der Waals surface area contributed by atoms with E-state index in [1.165, 1.54) is 5.56 Å². The number of hydrogen-bond acceptors (Lipinski definition) is 3. The average Bonchev–Trinajstić information content (AvgIpc) is 2.66. The SMILES string of the molecule is CCOC(=O)C1(Nc2cccc(C)c2)CCCC1(C)C. The lowest BCUT2D eigenvalue weighted by molar-refractivity contribution is -0.151. The third-order valence-electron chi connectivity index (χ3n) is 4.51. The molecule has 0 spiro atoms. The maximum absolute atomic E-state index is 12.6. The Balaban J connectivity index is 2.35. The van der Waals surface area contributed by atoms with Gasteiger partial charge in [0.05, 0.1) is 6.61 Å². The van der Waals surface area contributed by atoms with Crippen LogP contribution in [0.4, 0.5) is 5.69 Å². The summed E-state index contributed by atoms with van der Waals surface area (Å²) in [5.74, 6) is -0.121. The highest BCUT2D eigenvalue weighted by Crippen LogP contribution is 2.48. The molecule has 2 rings (SSSR count). The highest BCUT2D eigenvalue weighted by molar-refractivity contribution is 5.86. The van der Waals surface area contributed by atoms with Crippen molar-refractivity contribution in [3.63, 3.8) is 0 Å². The van der Waals surface area contributed by atoms with Gasteiger partial charge in [0.25, 0.3) is 0 Å². The standard InChI is InChI=1S/C17H25NO2/c1-5-20-15(19)17(11-7-10-16(17,3)4)18-14-9-6-8-13(2)12-14/h6,8-9,12,18H,5,7,10-11H2,1-4H3. The number of esters is 1. The number of aryl methyl sites for hydroxylation is 1. The van der Waals surface area contributed by atoms with Crippen LogP contribution >= 0.6 is 0 Å². The van der Waals surface area contributed by atoms with Crippen LogP contribution in [-0.4, -0.2) is 18.1 Å². The van der Waals surface area contributed by atoms with E-state index in [9.17, 15) is 4.79 Å². The van der Waals surface area contributed by atoms with Gasteiger partial charge in [-0.3, -0.25) is 0 Å². The number of nitrogens with one attached hydrogen (secondary N) is 1. The number of hydrogen-bond donors (Lipinski definition) is 1. The second-order valence-electron chi connectivity index (χ2n) is 6.36. The van der Waals surface area contributed by atoms with Crippen molar-refractivity contribution in [3.05, 3.63) is 29.8 Å². The molecule has 0 heterocycles. The molecule has 1 N–H and O–H groups in total. The summed E-state index contributed by atoms with van der Waals surface area (Å²) >= 11 is 0. The molecule has 1 unspecified atom stereocenters. The number of ether oxygens (including phenoxy) is 1. The van der Waals surface area contributed by atoms with Crippen molar-refractivity contribution in [1.29, 1.82) is 0 Å². The molecule has 1 fully saturated rings. The number of anilines is 1. The molecule has 1 saturated carbocycles. The van der Waals surface area contributed by atoms with E-state index in [4.69, 9.17) is 4.74 Å². The molecule has 1 aliphatic rings. The first-order valence-electron chi connectivity index (χ1n) is 7.43.